The van der Waals surface area contributed by atoms with Crippen LogP contribution in [0, 0.1) is 18.7 Å². The number of benzene rings is 1. The van der Waals surface area contributed by atoms with Crippen molar-refractivity contribution < 1.29 is 18.4 Å². The Morgan fingerprint density at radius 2 is 2.26 bits per heavy atom. The fourth-order valence-electron chi connectivity index (χ4n) is 2.65. The second kappa shape index (κ2) is 6.24. The summed E-state index contributed by atoms with van der Waals surface area (Å²) in [5.41, 5.74) is 1.21. The molecule has 1 aliphatic heterocycles. The molecule has 0 saturated carbocycles. The molecule has 1 fully saturated rings. The van der Waals surface area contributed by atoms with Gasteiger partial charge in [-0.2, -0.15) is 0 Å². The van der Waals surface area contributed by atoms with E-state index in [1.54, 1.807) is 36.3 Å². The van der Waals surface area contributed by atoms with E-state index in [9.17, 15) is 14.0 Å². The third-order valence-electron chi connectivity index (χ3n) is 3.97. The van der Waals surface area contributed by atoms with E-state index in [1.807, 2.05) is 0 Å². The van der Waals surface area contributed by atoms with Crippen molar-refractivity contribution in [2.75, 3.05) is 11.9 Å². The first-order valence-corrected chi connectivity index (χ1v) is 7.40. The van der Waals surface area contributed by atoms with Gasteiger partial charge in [-0.25, -0.2) is 4.39 Å². The number of hydrogen-bond donors (Lipinski definition) is 1. The summed E-state index contributed by atoms with van der Waals surface area (Å²) in [6, 6.07) is 7.78. The molecule has 2 amide bonds. The van der Waals surface area contributed by atoms with Gasteiger partial charge in [0.2, 0.25) is 11.8 Å². The van der Waals surface area contributed by atoms with E-state index >= 15 is 0 Å². The molecule has 23 heavy (non-hydrogen) atoms. The number of carbonyl (C=O) groups excluding carboxylic acids is 2. The van der Waals surface area contributed by atoms with Crippen molar-refractivity contribution in [3.8, 4) is 0 Å². The SMILES string of the molecule is Cc1ccc(F)cc1NC(=O)[C@@H]1CC(=O)N(Cc2ccco2)C1. The topological polar surface area (TPSA) is 62.6 Å². The van der Waals surface area contributed by atoms with Gasteiger partial charge in [-0.1, -0.05) is 6.07 Å². The van der Waals surface area contributed by atoms with Crippen molar-refractivity contribution in [1.29, 1.82) is 0 Å². The van der Waals surface area contributed by atoms with Crippen molar-refractivity contribution in [2.45, 2.75) is 19.9 Å². The summed E-state index contributed by atoms with van der Waals surface area (Å²) in [4.78, 5) is 26.0. The van der Waals surface area contributed by atoms with Gasteiger partial charge in [0.25, 0.3) is 0 Å². The summed E-state index contributed by atoms with van der Waals surface area (Å²) in [5, 5.41) is 2.71. The predicted octanol–water partition coefficient (Wildman–Crippen LogP) is 2.71. The number of amides is 2. The molecule has 3 rings (SSSR count). The molecule has 1 N–H and O–H groups in total. The number of anilines is 1. The minimum Gasteiger partial charge on any atom is -0.467 e. The molecule has 0 bridgehead atoms. The number of carbonyl (C=O) groups is 2. The van der Waals surface area contributed by atoms with Gasteiger partial charge in [0, 0.05) is 18.7 Å². The minimum absolute atomic E-state index is 0.0856. The standard InChI is InChI=1S/C17H17FN2O3/c1-11-4-5-13(18)8-15(11)19-17(22)12-7-16(21)20(9-12)10-14-3-2-6-23-14/h2-6,8,12H,7,9-10H2,1H3,(H,19,22)/t12-/m1/s1. The van der Waals surface area contributed by atoms with Crippen molar-refractivity contribution in [1.82, 2.24) is 4.90 Å². The Bertz CT molecular complexity index is 727. The molecule has 5 nitrogen and oxygen atoms in total. The minimum atomic E-state index is -0.444. The Morgan fingerprint density at radius 1 is 1.43 bits per heavy atom. The number of halogens is 1. The molecule has 120 valence electrons. The first-order chi connectivity index (χ1) is 11.0. The number of nitrogens with one attached hydrogen (secondary N) is 1. The monoisotopic (exact) mass is 316 g/mol. The molecule has 0 spiro atoms. The van der Waals surface area contributed by atoms with E-state index in [1.165, 1.54) is 12.1 Å². The number of aryl methyl sites for hydroxylation is 1. The molecule has 2 heterocycles. The lowest BCUT2D eigenvalue weighted by Gasteiger charge is -2.15. The highest BCUT2D eigenvalue weighted by Crippen LogP contribution is 2.23. The maximum atomic E-state index is 13.3. The van der Waals surface area contributed by atoms with Gasteiger partial charge in [-0.05, 0) is 36.8 Å². The molecular weight excluding hydrogens is 299 g/mol. The smallest absolute Gasteiger partial charge is 0.229 e. The number of nitrogens with zero attached hydrogens (tertiary/aromatic N) is 1. The Labute approximate surface area is 133 Å². The van der Waals surface area contributed by atoms with Crippen LogP contribution >= 0.6 is 0 Å². The third-order valence-corrected chi connectivity index (χ3v) is 3.97. The summed E-state index contributed by atoms with van der Waals surface area (Å²) in [5.74, 6) is -0.528. The predicted molar refractivity (Wildman–Crippen MR) is 82.0 cm³/mol. The van der Waals surface area contributed by atoms with E-state index in [2.05, 4.69) is 5.32 Å². The lowest BCUT2D eigenvalue weighted by molar-refractivity contribution is -0.128. The lowest BCUT2D eigenvalue weighted by atomic mass is 10.1. The van der Waals surface area contributed by atoms with Crippen LogP contribution in [0.2, 0.25) is 0 Å². The Kier molecular flexibility index (Phi) is 4.14. The molecule has 1 aromatic heterocycles. The maximum Gasteiger partial charge on any atom is 0.229 e. The number of furan rings is 1. The van der Waals surface area contributed by atoms with Crippen LogP contribution in [0.3, 0.4) is 0 Å². The van der Waals surface area contributed by atoms with Crippen LogP contribution in [0.1, 0.15) is 17.7 Å². The van der Waals surface area contributed by atoms with Gasteiger partial charge in [-0.15, -0.1) is 0 Å². The first-order valence-electron chi connectivity index (χ1n) is 7.40. The third kappa shape index (κ3) is 3.41. The van der Waals surface area contributed by atoms with Crippen LogP contribution in [0.5, 0.6) is 0 Å². The average Bonchev–Trinajstić information content (AvgIpc) is 3.14. The Hall–Kier alpha value is -2.63. The zero-order chi connectivity index (χ0) is 16.4. The highest BCUT2D eigenvalue weighted by atomic mass is 19.1. The van der Waals surface area contributed by atoms with E-state index in [-0.39, 0.29) is 18.2 Å². The van der Waals surface area contributed by atoms with Crippen LogP contribution in [0.25, 0.3) is 0 Å². The molecule has 1 aromatic carbocycles. The van der Waals surface area contributed by atoms with Gasteiger partial charge in [0.05, 0.1) is 18.7 Å². The van der Waals surface area contributed by atoms with Gasteiger partial charge in [0.1, 0.15) is 11.6 Å². The van der Waals surface area contributed by atoms with Crippen molar-refractivity contribution in [2.24, 2.45) is 5.92 Å². The summed E-state index contributed by atoms with van der Waals surface area (Å²) in [7, 11) is 0. The molecule has 2 aromatic rings. The van der Waals surface area contributed by atoms with Crippen molar-refractivity contribution >= 4 is 17.5 Å². The molecule has 1 atom stereocenters. The van der Waals surface area contributed by atoms with E-state index in [4.69, 9.17) is 4.42 Å². The number of likely N-dealkylation sites (tertiary alicyclic amines) is 1. The van der Waals surface area contributed by atoms with Gasteiger partial charge >= 0.3 is 0 Å². The largest absolute Gasteiger partial charge is 0.467 e. The van der Waals surface area contributed by atoms with Crippen LogP contribution in [0.15, 0.2) is 41.0 Å². The number of hydrogen-bond acceptors (Lipinski definition) is 3. The highest BCUT2D eigenvalue weighted by molar-refractivity contribution is 5.97. The fourth-order valence-corrected chi connectivity index (χ4v) is 2.65. The van der Waals surface area contributed by atoms with Gasteiger partial charge in [-0.3, -0.25) is 9.59 Å². The van der Waals surface area contributed by atoms with Crippen molar-refractivity contribution in [3.05, 3.63) is 53.7 Å². The van der Waals surface area contributed by atoms with Crippen LogP contribution in [-0.2, 0) is 16.1 Å². The maximum absolute atomic E-state index is 13.3. The first kappa shape index (κ1) is 15.3. The molecule has 0 radical (unpaired) electrons. The number of rotatable bonds is 4. The highest BCUT2D eigenvalue weighted by Gasteiger charge is 2.34. The van der Waals surface area contributed by atoms with Gasteiger partial charge < -0.3 is 14.6 Å². The zero-order valence-corrected chi connectivity index (χ0v) is 12.7. The molecule has 1 saturated heterocycles. The summed E-state index contributed by atoms with van der Waals surface area (Å²) in [6.07, 6.45) is 1.70. The Balaban J connectivity index is 1.64. The summed E-state index contributed by atoms with van der Waals surface area (Å²) in [6.45, 7) is 2.48. The van der Waals surface area contributed by atoms with E-state index in [0.29, 0.717) is 24.5 Å². The lowest BCUT2D eigenvalue weighted by Crippen LogP contribution is -2.28. The quantitative estimate of drug-likeness (QED) is 0.943. The second-order valence-corrected chi connectivity index (χ2v) is 5.70. The van der Waals surface area contributed by atoms with Crippen LogP contribution in [-0.4, -0.2) is 23.3 Å². The van der Waals surface area contributed by atoms with E-state index < -0.39 is 11.7 Å². The van der Waals surface area contributed by atoms with Gasteiger partial charge in [0.15, 0.2) is 0 Å². The van der Waals surface area contributed by atoms with Crippen LogP contribution in [0.4, 0.5) is 10.1 Å². The van der Waals surface area contributed by atoms with E-state index in [0.717, 1.165) is 5.56 Å². The summed E-state index contributed by atoms with van der Waals surface area (Å²) >= 11 is 0. The zero-order valence-electron chi connectivity index (χ0n) is 12.7. The molecule has 0 unspecified atom stereocenters. The molecule has 6 heteroatoms. The van der Waals surface area contributed by atoms with Crippen molar-refractivity contribution in [3.63, 3.8) is 0 Å². The summed E-state index contributed by atoms with van der Waals surface area (Å²) < 4.78 is 18.5. The molecular formula is C17H17FN2O3. The fraction of sp³-hybridized carbons (Fsp3) is 0.294. The molecule has 0 aliphatic carbocycles. The molecule has 1 aliphatic rings. The Morgan fingerprint density at radius 3 is 3.00 bits per heavy atom. The average molecular weight is 316 g/mol. The second-order valence-electron chi connectivity index (χ2n) is 5.70. The van der Waals surface area contributed by atoms with Crippen LogP contribution < -0.4 is 5.32 Å². The normalized spacial score (nSPS) is 17.6.